The Balaban J connectivity index is 2.39. The number of halogens is 1. The Bertz CT molecular complexity index is 449. The highest BCUT2D eigenvalue weighted by molar-refractivity contribution is 9.10. The minimum Gasteiger partial charge on any atom is -0.507 e. The number of carboxylic acid groups (broad SMARTS) is 1. The smallest absolute Gasteiger partial charge is 0.329 e. The molecule has 18 heavy (non-hydrogen) atoms. The number of carboxylic acids is 1. The van der Waals surface area contributed by atoms with Gasteiger partial charge in [0, 0.05) is 11.0 Å². The number of aromatic hydroxyl groups is 1. The van der Waals surface area contributed by atoms with Crippen LogP contribution in [0.5, 0.6) is 5.75 Å². The van der Waals surface area contributed by atoms with Crippen molar-refractivity contribution >= 4 is 27.8 Å². The van der Waals surface area contributed by atoms with E-state index in [4.69, 9.17) is 9.84 Å². The molecule has 6 nitrogen and oxygen atoms in total. The third-order valence-corrected chi connectivity index (χ3v) is 2.46. The first kappa shape index (κ1) is 14.5. The Hall–Kier alpha value is -1.60. The molecule has 7 heteroatoms. The van der Waals surface area contributed by atoms with Crippen LogP contribution in [0.2, 0.25) is 0 Å². The summed E-state index contributed by atoms with van der Waals surface area (Å²) in [5, 5.41) is 20.4. The maximum atomic E-state index is 11.6. The number of amides is 1. The topological polar surface area (TPSA) is 95.9 Å². The predicted molar refractivity (Wildman–Crippen MR) is 66.6 cm³/mol. The van der Waals surface area contributed by atoms with E-state index in [2.05, 4.69) is 21.2 Å². The van der Waals surface area contributed by atoms with Crippen LogP contribution in [-0.2, 0) is 9.53 Å². The highest BCUT2D eigenvalue weighted by Gasteiger charge is 2.10. The number of aliphatic carboxylic acids is 1. The Labute approximate surface area is 112 Å². The Kier molecular flexibility index (Phi) is 5.60. The van der Waals surface area contributed by atoms with E-state index in [9.17, 15) is 14.7 Å². The number of carbonyl (C=O) groups is 2. The van der Waals surface area contributed by atoms with Gasteiger partial charge >= 0.3 is 5.97 Å². The van der Waals surface area contributed by atoms with E-state index in [1.54, 1.807) is 6.07 Å². The third-order valence-electron chi connectivity index (χ3n) is 1.96. The summed E-state index contributed by atoms with van der Waals surface area (Å²) < 4.78 is 5.41. The monoisotopic (exact) mass is 317 g/mol. The second-order valence-electron chi connectivity index (χ2n) is 3.36. The van der Waals surface area contributed by atoms with Gasteiger partial charge in [-0.05, 0) is 18.2 Å². The molecule has 0 radical (unpaired) electrons. The maximum absolute atomic E-state index is 11.6. The number of benzene rings is 1. The summed E-state index contributed by atoms with van der Waals surface area (Å²) in [7, 11) is 0. The minimum absolute atomic E-state index is 0.0926. The van der Waals surface area contributed by atoms with E-state index in [0.717, 1.165) is 0 Å². The minimum atomic E-state index is -1.06. The lowest BCUT2D eigenvalue weighted by molar-refractivity contribution is -0.142. The van der Waals surface area contributed by atoms with Gasteiger partial charge in [-0.3, -0.25) is 4.79 Å². The molecule has 0 aromatic heterocycles. The molecule has 1 aromatic carbocycles. The molecule has 0 atom stereocenters. The van der Waals surface area contributed by atoms with E-state index < -0.39 is 18.5 Å². The van der Waals surface area contributed by atoms with Gasteiger partial charge in [-0.1, -0.05) is 15.9 Å². The fraction of sp³-hybridized carbons (Fsp3) is 0.273. The van der Waals surface area contributed by atoms with E-state index in [1.807, 2.05) is 0 Å². The van der Waals surface area contributed by atoms with Gasteiger partial charge in [0.1, 0.15) is 12.4 Å². The van der Waals surface area contributed by atoms with Crippen molar-refractivity contribution in [1.29, 1.82) is 0 Å². The van der Waals surface area contributed by atoms with Crippen LogP contribution in [0.4, 0.5) is 0 Å². The van der Waals surface area contributed by atoms with Crippen LogP contribution in [0.1, 0.15) is 10.4 Å². The molecule has 0 aliphatic heterocycles. The van der Waals surface area contributed by atoms with Crippen LogP contribution in [0, 0.1) is 0 Å². The first-order valence-corrected chi connectivity index (χ1v) is 5.86. The number of carbonyl (C=O) groups excluding carboxylic acids is 1. The van der Waals surface area contributed by atoms with Crippen LogP contribution in [-0.4, -0.2) is 41.8 Å². The Morgan fingerprint density at radius 1 is 1.39 bits per heavy atom. The van der Waals surface area contributed by atoms with Crippen molar-refractivity contribution in [1.82, 2.24) is 5.32 Å². The molecule has 0 fully saturated rings. The van der Waals surface area contributed by atoms with E-state index >= 15 is 0 Å². The lowest BCUT2D eigenvalue weighted by Gasteiger charge is -2.07. The molecule has 1 amide bonds. The van der Waals surface area contributed by atoms with Crippen LogP contribution in [0.25, 0.3) is 0 Å². The number of hydrogen-bond donors (Lipinski definition) is 3. The first-order valence-electron chi connectivity index (χ1n) is 5.07. The summed E-state index contributed by atoms with van der Waals surface area (Å²) in [6.07, 6.45) is 0. The normalized spacial score (nSPS) is 10.1. The molecule has 0 aliphatic rings. The zero-order valence-corrected chi connectivity index (χ0v) is 10.9. The van der Waals surface area contributed by atoms with Gasteiger partial charge in [-0.2, -0.15) is 0 Å². The zero-order chi connectivity index (χ0) is 13.5. The Morgan fingerprint density at radius 3 is 2.72 bits per heavy atom. The summed E-state index contributed by atoms with van der Waals surface area (Å²) in [5.74, 6) is -1.64. The quantitative estimate of drug-likeness (QED) is 0.680. The summed E-state index contributed by atoms with van der Waals surface area (Å²) in [6, 6.07) is 4.53. The fourth-order valence-electron chi connectivity index (χ4n) is 1.19. The first-order chi connectivity index (χ1) is 8.50. The second kappa shape index (κ2) is 6.97. The van der Waals surface area contributed by atoms with Crippen molar-refractivity contribution in [2.24, 2.45) is 0 Å². The average Bonchev–Trinajstić information content (AvgIpc) is 2.27. The molecule has 0 unspecified atom stereocenters. The summed E-state index contributed by atoms with van der Waals surface area (Å²) in [6.45, 7) is -0.143. The van der Waals surface area contributed by atoms with Gasteiger partial charge in [-0.15, -0.1) is 0 Å². The van der Waals surface area contributed by atoms with Crippen LogP contribution in [0.15, 0.2) is 22.7 Å². The molecular weight excluding hydrogens is 306 g/mol. The molecule has 3 N–H and O–H groups in total. The maximum Gasteiger partial charge on any atom is 0.329 e. The predicted octanol–water partition coefficient (Wildman–Crippen LogP) is 0.986. The van der Waals surface area contributed by atoms with E-state index in [-0.39, 0.29) is 24.5 Å². The summed E-state index contributed by atoms with van der Waals surface area (Å²) in [5.41, 5.74) is 0.149. The highest BCUT2D eigenvalue weighted by atomic mass is 79.9. The van der Waals surface area contributed by atoms with Gasteiger partial charge in [0.05, 0.1) is 12.2 Å². The lowest BCUT2D eigenvalue weighted by atomic mass is 10.2. The van der Waals surface area contributed by atoms with Crippen molar-refractivity contribution in [2.75, 3.05) is 19.8 Å². The number of phenols is 1. The van der Waals surface area contributed by atoms with E-state index in [1.165, 1.54) is 12.1 Å². The second-order valence-corrected chi connectivity index (χ2v) is 4.28. The highest BCUT2D eigenvalue weighted by Crippen LogP contribution is 2.21. The molecule has 1 rings (SSSR count). The van der Waals surface area contributed by atoms with Crippen molar-refractivity contribution < 1.29 is 24.5 Å². The van der Waals surface area contributed by atoms with Gasteiger partial charge in [0.25, 0.3) is 5.91 Å². The molecule has 0 bridgehead atoms. The van der Waals surface area contributed by atoms with Crippen LogP contribution < -0.4 is 5.32 Å². The fourth-order valence-corrected chi connectivity index (χ4v) is 1.54. The Morgan fingerprint density at radius 2 is 2.11 bits per heavy atom. The van der Waals surface area contributed by atoms with Crippen LogP contribution >= 0.6 is 15.9 Å². The SMILES string of the molecule is O=C(O)COCCNC(=O)c1ccc(Br)cc1O. The average molecular weight is 318 g/mol. The summed E-state index contributed by atoms with van der Waals surface area (Å²) in [4.78, 5) is 21.8. The molecule has 0 heterocycles. The van der Waals surface area contributed by atoms with Crippen molar-refractivity contribution in [3.05, 3.63) is 28.2 Å². The number of ether oxygens (including phenoxy) is 1. The molecule has 1 aromatic rings. The molecule has 0 saturated carbocycles. The van der Waals surface area contributed by atoms with Crippen molar-refractivity contribution in [3.8, 4) is 5.75 Å². The number of phenolic OH excluding ortho intramolecular Hbond substituents is 1. The van der Waals surface area contributed by atoms with E-state index in [0.29, 0.717) is 4.47 Å². The van der Waals surface area contributed by atoms with Gasteiger partial charge < -0.3 is 20.3 Å². The molecular formula is C11H12BrNO5. The molecule has 98 valence electrons. The van der Waals surface area contributed by atoms with Gasteiger partial charge in [0.2, 0.25) is 0 Å². The van der Waals surface area contributed by atoms with Crippen LogP contribution in [0.3, 0.4) is 0 Å². The molecule has 0 aliphatic carbocycles. The number of nitrogens with one attached hydrogen (secondary N) is 1. The zero-order valence-electron chi connectivity index (χ0n) is 9.35. The van der Waals surface area contributed by atoms with Gasteiger partial charge in [0.15, 0.2) is 0 Å². The van der Waals surface area contributed by atoms with Crippen molar-refractivity contribution in [3.63, 3.8) is 0 Å². The molecule has 0 spiro atoms. The lowest BCUT2D eigenvalue weighted by Crippen LogP contribution is -2.28. The standard InChI is InChI=1S/C11H12BrNO5/c12-7-1-2-8(9(14)5-7)11(17)13-3-4-18-6-10(15)16/h1-2,5,14H,3-4,6H2,(H,13,17)(H,15,16). The van der Waals surface area contributed by atoms with Gasteiger partial charge in [-0.25, -0.2) is 4.79 Å². The largest absolute Gasteiger partial charge is 0.507 e. The third kappa shape index (κ3) is 4.72. The number of rotatable bonds is 6. The van der Waals surface area contributed by atoms with Crippen molar-refractivity contribution in [2.45, 2.75) is 0 Å². The number of hydrogen-bond acceptors (Lipinski definition) is 4. The molecule has 0 saturated heterocycles. The summed E-state index contributed by atoms with van der Waals surface area (Å²) >= 11 is 3.16.